The van der Waals surface area contributed by atoms with Crippen molar-refractivity contribution in [1.29, 1.82) is 0 Å². The second kappa shape index (κ2) is 9.15. The summed E-state index contributed by atoms with van der Waals surface area (Å²) in [4.78, 5) is 12.5. The van der Waals surface area contributed by atoms with Crippen molar-refractivity contribution < 1.29 is 13.9 Å². The van der Waals surface area contributed by atoms with Crippen molar-refractivity contribution in [3.05, 3.63) is 52.5 Å². The van der Waals surface area contributed by atoms with E-state index in [2.05, 4.69) is 31.4 Å². The number of aryl methyl sites for hydroxylation is 1. The molecule has 4 aromatic rings. The zero-order valence-corrected chi connectivity index (χ0v) is 19.7. The fourth-order valence-electron chi connectivity index (χ4n) is 3.25. The van der Waals surface area contributed by atoms with E-state index in [1.807, 2.05) is 60.9 Å². The Labute approximate surface area is 192 Å². The third kappa shape index (κ3) is 4.47. The molecule has 0 bridgehead atoms. The molecule has 0 saturated heterocycles. The summed E-state index contributed by atoms with van der Waals surface area (Å²) in [5.74, 6) is 2.02. The topological polar surface area (TPSA) is 82.2 Å². The molecule has 0 unspecified atom stereocenters. The SMILES string of the molecule is CCn1c(SCC(=O)Nc2ccc(Br)cc2C)nnc1-c1cc2cccc(OC)c2o1. The van der Waals surface area contributed by atoms with Gasteiger partial charge in [0, 0.05) is 22.1 Å². The van der Waals surface area contributed by atoms with Gasteiger partial charge in [-0.2, -0.15) is 0 Å². The van der Waals surface area contributed by atoms with Crippen molar-refractivity contribution in [2.45, 2.75) is 25.5 Å². The summed E-state index contributed by atoms with van der Waals surface area (Å²) in [5.41, 5.74) is 2.46. The largest absolute Gasteiger partial charge is 0.493 e. The quantitative estimate of drug-likeness (QED) is 0.336. The number of nitrogens with one attached hydrogen (secondary N) is 1. The van der Waals surface area contributed by atoms with Crippen LogP contribution in [0.25, 0.3) is 22.6 Å². The van der Waals surface area contributed by atoms with E-state index in [1.165, 1.54) is 11.8 Å². The molecule has 31 heavy (non-hydrogen) atoms. The molecule has 4 rings (SSSR count). The second-order valence-electron chi connectivity index (χ2n) is 6.84. The molecule has 160 valence electrons. The number of nitrogens with zero attached hydrogens (tertiary/aromatic N) is 3. The summed E-state index contributed by atoms with van der Waals surface area (Å²) in [5, 5.41) is 13.1. The van der Waals surface area contributed by atoms with Gasteiger partial charge < -0.3 is 14.5 Å². The van der Waals surface area contributed by atoms with Gasteiger partial charge in [0.25, 0.3) is 0 Å². The molecule has 0 fully saturated rings. The number of carbonyl (C=O) groups excluding carboxylic acids is 1. The van der Waals surface area contributed by atoms with Crippen LogP contribution in [0.1, 0.15) is 12.5 Å². The molecule has 0 aliphatic carbocycles. The van der Waals surface area contributed by atoms with Crippen molar-refractivity contribution >= 4 is 50.3 Å². The Balaban J connectivity index is 1.51. The molecule has 7 nitrogen and oxygen atoms in total. The number of furan rings is 1. The number of aromatic nitrogens is 3. The van der Waals surface area contributed by atoms with Gasteiger partial charge in [-0.25, -0.2) is 0 Å². The first-order valence-corrected chi connectivity index (χ1v) is 11.5. The molecule has 2 aromatic carbocycles. The highest BCUT2D eigenvalue weighted by molar-refractivity contribution is 9.10. The molecule has 2 aromatic heterocycles. The number of thioether (sulfide) groups is 1. The lowest BCUT2D eigenvalue weighted by molar-refractivity contribution is -0.113. The first-order valence-electron chi connectivity index (χ1n) is 9.69. The standard InChI is InChI=1S/C22H21BrN4O3S/c1-4-27-21(18-11-14-6-5-7-17(29-3)20(14)30-18)25-26-22(27)31-12-19(28)24-16-9-8-15(23)10-13(16)2/h5-11H,4,12H2,1-3H3,(H,24,28). The van der Waals surface area contributed by atoms with Crippen molar-refractivity contribution in [1.82, 2.24) is 14.8 Å². The highest BCUT2D eigenvalue weighted by Crippen LogP contribution is 2.33. The number of amides is 1. The third-order valence-corrected chi connectivity index (χ3v) is 6.24. The van der Waals surface area contributed by atoms with Crippen LogP contribution in [0, 0.1) is 6.92 Å². The molecule has 0 aliphatic heterocycles. The smallest absolute Gasteiger partial charge is 0.234 e. The van der Waals surface area contributed by atoms with Gasteiger partial charge in [-0.1, -0.05) is 39.8 Å². The summed E-state index contributed by atoms with van der Waals surface area (Å²) >= 11 is 4.77. The highest BCUT2D eigenvalue weighted by atomic mass is 79.9. The van der Waals surface area contributed by atoms with Crippen molar-refractivity contribution in [3.8, 4) is 17.3 Å². The molecular formula is C22H21BrN4O3S. The van der Waals surface area contributed by atoms with E-state index in [0.717, 1.165) is 21.1 Å². The van der Waals surface area contributed by atoms with Gasteiger partial charge in [0.1, 0.15) is 0 Å². The van der Waals surface area contributed by atoms with Crippen LogP contribution in [0.2, 0.25) is 0 Å². The summed E-state index contributed by atoms with van der Waals surface area (Å²) in [6.45, 7) is 4.60. The predicted octanol–water partition coefficient (Wildman–Crippen LogP) is 5.52. The first-order chi connectivity index (χ1) is 15.0. The monoisotopic (exact) mass is 500 g/mol. The number of benzene rings is 2. The van der Waals surface area contributed by atoms with E-state index in [1.54, 1.807) is 7.11 Å². The van der Waals surface area contributed by atoms with E-state index in [-0.39, 0.29) is 11.7 Å². The first kappa shape index (κ1) is 21.5. The Morgan fingerprint density at radius 3 is 2.84 bits per heavy atom. The van der Waals surface area contributed by atoms with Crippen LogP contribution in [-0.4, -0.2) is 33.5 Å². The lowest BCUT2D eigenvalue weighted by Gasteiger charge is -2.09. The Morgan fingerprint density at radius 1 is 1.26 bits per heavy atom. The Kier molecular flexibility index (Phi) is 6.33. The number of carbonyl (C=O) groups is 1. The number of para-hydroxylation sites is 1. The third-order valence-electron chi connectivity index (χ3n) is 4.78. The lowest BCUT2D eigenvalue weighted by atomic mass is 10.2. The summed E-state index contributed by atoms with van der Waals surface area (Å²) < 4.78 is 14.3. The van der Waals surface area contributed by atoms with Crippen LogP contribution in [0.5, 0.6) is 5.75 Å². The summed E-state index contributed by atoms with van der Waals surface area (Å²) in [7, 11) is 1.61. The normalized spacial score (nSPS) is 11.1. The van der Waals surface area contributed by atoms with Crippen LogP contribution in [0.15, 0.2) is 56.5 Å². The maximum atomic E-state index is 12.5. The molecule has 0 aliphatic rings. The Hall–Kier alpha value is -2.78. The molecule has 0 atom stereocenters. The summed E-state index contributed by atoms with van der Waals surface area (Å²) in [6, 6.07) is 13.4. The van der Waals surface area contributed by atoms with Gasteiger partial charge in [0.2, 0.25) is 11.7 Å². The number of hydrogen-bond acceptors (Lipinski definition) is 6. The van der Waals surface area contributed by atoms with Gasteiger partial charge in [0.05, 0.1) is 12.9 Å². The number of rotatable bonds is 7. The summed E-state index contributed by atoms with van der Waals surface area (Å²) in [6.07, 6.45) is 0. The molecule has 1 N–H and O–H groups in total. The molecule has 9 heteroatoms. The van der Waals surface area contributed by atoms with E-state index >= 15 is 0 Å². The molecule has 0 radical (unpaired) electrons. The van der Waals surface area contributed by atoms with Crippen LogP contribution in [-0.2, 0) is 11.3 Å². The Morgan fingerprint density at radius 2 is 2.10 bits per heavy atom. The minimum absolute atomic E-state index is 0.101. The van der Waals surface area contributed by atoms with Crippen LogP contribution < -0.4 is 10.1 Å². The number of fused-ring (bicyclic) bond motifs is 1. The minimum atomic E-state index is -0.101. The van der Waals surface area contributed by atoms with Crippen molar-refractivity contribution in [3.63, 3.8) is 0 Å². The molecule has 2 heterocycles. The van der Waals surface area contributed by atoms with Crippen LogP contribution >= 0.6 is 27.7 Å². The fraction of sp³-hybridized carbons (Fsp3) is 0.227. The van der Waals surface area contributed by atoms with Crippen LogP contribution in [0.4, 0.5) is 5.69 Å². The molecular weight excluding hydrogens is 480 g/mol. The van der Waals surface area contributed by atoms with Crippen molar-refractivity contribution in [2.75, 3.05) is 18.2 Å². The zero-order chi connectivity index (χ0) is 22.0. The van der Waals surface area contributed by atoms with Gasteiger partial charge in [-0.3, -0.25) is 9.36 Å². The van der Waals surface area contributed by atoms with E-state index in [0.29, 0.717) is 34.6 Å². The lowest BCUT2D eigenvalue weighted by Crippen LogP contribution is -2.15. The maximum absolute atomic E-state index is 12.5. The molecule has 0 spiro atoms. The highest BCUT2D eigenvalue weighted by Gasteiger charge is 2.19. The fourth-order valence-corrected chi connectivity index (χ4v) is 4.53. The average molecular weight is 501 g/mol. The number of halogens is 1. The predicted molar refractivity (Wildman–Crippen MR) is 126 cm³/mol. The van der Waals surface area contributed by atoms with Crippen LogP contribution in [0.3, 0.4) is 0 Å². The number of hydrogen-bond donors (Lipinski definition) is 1. The Bertz CT molecular complexity index is 1250. The van der Waals surface area contributed by atoms with E-state index in [4.69, 9.17) is 9.15 Å². The second-order valence-corrected chi connectivity index (χ2v) is 8.69. The number of anilines is 1. The molecule has 0 saturated carbocycles. The number of ether oxygens (including phenoxy) is 1. The van der Waals surface area contributed by atoms with Gasteiger partial charge in [-0.15, -0.1) is 10.2 Å². The zero-order valence-electron chi connectivity index (χ0n) is 17.3. The van der Waals surface area contributed by atoms with Crippen molar-refractivity contribution in [2.24, 2.45) is 0 Å². The van der Waals surface area contributed by atoms with Gasteiger partial charge in [-0.05, 0) is 49.7 Å². The minimum Gasteiger partial charge on any atom is -0.493 e. The van der Waals surface area contributed by atoms with Gasteiger partial charge >= 0.3 is 0 Å². The molecule has 1 amide bonds. The average Bonchev–Trinajstić information content (AvgIpc) is 3.37. The van der Waals surface area contributed by atoms with Gasteiger partial charge in [0.15, 0.2) is 22.2 Å². The van der Waals surface area contributed by atoms with E-state index in [9.17, 15) is 4.79 Å². The van der Waals surface area contributed by atoms with E-state index < -0.39 is 0 Å². The maximum Gasteiger partial charge on any atom is 0.234 e. The number of methoxy groups -OCH3 is 1.